The number of anilines is 1. The number of aromatic nitrogens is 4. The fraction of sp³-hybridized carbons (Fsp3) is 0.429. The minimum atomic E-state index is -4.50. The molecular formula is C14H15F3N6O. The molecule has 0 unspecified atom stereocenters. The first kappa shape index (κ1) is 16.2. The second-order valence-corrected chi connectivity index (χ2v) is 5.38. The lowest BCUT2D eigenvalue weighted by atomic mass is 10.2. The van der Waals surface area contributed by atoms with Gasteiger partial charge in [-0.15, -0.1) is 0 Å². The number of carbonyl (C=O) groups excluding carboxylic acids is 1. The third-order valence-corrected chi connectivity index (χ3v) is 3.87. The van der Waals surface area contributed by atoms with Crippen LogP contribution in [0.1, 0.15) is 16.2 Å². The average Bonchev–Trinajstić information content (AvgIpc) is 3.00. The van der Waals surface area contributed by atoms with Gasteiger partial charge in [-0.1, -0.05) is 0 Å². The maximum absolute atomic E-state index is 12.7. The van der Waals surface area contributed by atoms with Gasteiger partial charge in [-0.2, -0.15) is 18.3 Å². The summed E-state index contributed by atoms with van der Waals surface area (Å²) in [4.78, 5) is 22.9. The molecule has 0 N–H and O–H groups in total. The number of hydrogen-bond acceptors (Lipinski definition) is 5. The molecule has 1 fully saturated rings. The Hall–Kier alpha value is -2.65. The summed E-state index contributed by atoms with van der Waals surface area (Å²) in [6.45, 7) is 1.60. The standard InChI is InChI=1S/C14H15F3N6O/c1-21-10(2-3-20-21)13(24)23-6-4-22(5-7-23)12-8-11(14(15,16)17)18-9-19-12/h2-3,8-9H,4-7H2,1H3. The third kappa shape index (κ3) is 3.17. The lowest BCUT2D eigenvalue weighted by Gasteiger charge is -2.35. The van der Waals surface area contributed by atoms with Crippen LogP contribution in [0.5, 0.6) is 0 Å². The van der Waals surface area contributed by atoms with Crippen molar-refractivity contribution < 1.29 is 18.0 Å². The topological polar surface area (TPSA) is 67.2 Å². The molecular weight excluding hydrogens is 325 g/mol. The van der Waals surface area contributed by atoms with Gasteiger partial charge in [-0.25, -0.2) is 9.97 Å². The molecule has 1 saturated heterocycles. The summed E-state index contributed by atoms with van der Waals surface area (Å²) in [5.74, 6) is 0.0678. The molecule has 0 radical (unpaired) electrons. The monoisotopic (exact) mass is 340 g/mol. The Kier molecular flexibility index (Phi) is 4.12. The van der Waals surface area contributed by atoms with Gasteiger partial charge in [0.2, 0.25) is 0 Å². The van der Waals surface area contributed by atoms with Crippen molar-refractivity contribution in [1.29, 1.82) is 0 Å². The number of alkyl halides is 3. The Morgan fingerprint density at radius 3 is 2.46 bits per heavy atom. The smallest absolute Gasteiger partial charge is 0.353 e. The summed E-state index contributed by atoms with van der Waals surface area (Å²) in [7, 11) is 1.68. The molecule has 2 aromatic heterocycles. The zero-order valence-corrected chi connectivity index (χ0v) is 12.9. The normalized spacial score (nSPS) is 15.7. The van der Waals surface area contributed by atoms with Gasteiger partial charge in [-0.3, -0.25) is 9.48 Å². The van der Waals surface area contributed by atoms with Gasteiger partial charge in [0, 0.05) is 45.5 Å². The minimum absolute atomic E-state index is 0.145. The van der Waals surface area contributed by atoms with Crippen molar-refractivity contribution >= 4 is 11.7 Å². The van der Waals surface area contributed by atoms with Gasteiger partial charge in [0.15, 0.2) is 0 Å². The predicted molar refractivity (Wildman–Crippen MR) is 78.4 cm³/mol. The lowest BCUT2D eigenvalue weighted by molar-refractivity contribution is -0.141. The minimum Gasteiger partial charge on any atom is -0.353 e. The number of carbonyl (C=O) groups is 1. The first-order valence-electron chi connectivity index (χ1n) is 7.28. The van der Waals surface area contributed by atoms with E-state index in [2.05, 4.69) is 15.1 Å². The van der Waals surface area contributed by atoms with Crippen molar-refractivity contribution in [2.24, 2.45) is 7.05 Å². The largest absolute Gasteiger partial charge is 0.433 e. The second-order valence-electron chi connectivity index (χ2n) is 5.38. The highest BCUT2D eigenvalue weighted by molar-refractivity contribution is 5.92. The predicted octanol–water partition coefficient (Wildman–Crippen LogP) is 1.19. The molecule has 0 bridgehead atoms. The van der Waals surface area contributed by atoms with Crippen LogP contribution in [0.15, 0.2) is 24.7 Å². The van der Waals surface area contributed by atoms with Gasteiger partial charge >= 0.3 is 6.18 Å². The molecule has 2 aromatic rings. The van der Waals surface area contributed by atoms with Crippen molar-refractivity contribution in [2.75, 3.05) is 31.1 Å². The van der Waals surface area contributed by atoms with E-state index in [1.165, 1.54) is 4.68 Å². The molecule has 10 heteroatoms. The molecule has 24 heavy (non-hydrogen) atoms. The Morgan fingerprint density at radius 2 is 1.88 bits per heavy atom. The second kappa shape index (κ2) is 6.10. The first-order valence-corrected chi connectivity index (χ1v) is 7.28. The van der Waals surface area contributed by atoms with E-state index in [1.54, 1.807) is 29.1 Å². The first-order chi connectivity index (χ1) is 11.4. The average molecular weight is 340 g/mol. The Morgan fingerprint density at radius 1 is 1.17 bits per heavy atom. The number of rotatable bonds is 2. The zero-order valence-electron chi connectivity index (χ0n) is 12.9. The zero-order chi connectivity index (χ0) is 17.3. The van der Waals surface area contributed by atoms with Gasteiger partial charge < -0.3 is 9.80 Å². The molecule has 3 rings (SSSR count). The van der Waals surface area contributed by atoms with E-state index < -0.39 is 11.9 Å². The van der Waals surface area contributed by atoms with Crippen molar-refractivity contribution in [3.05, 3.63) is 36.0 Å². The molecule has 0 aliphatic carbocycles. The van der Waals surface area contributed by atoms with E-state index in [0.29, 0.717) is 31.9 Å². The van der Waals surface area contributed by atoms with E-state index in [-0.39, 0.29) is 11.7 Å². The van der Waals surface area contributed by atoms with Crippen LogP contribution in [0.4, 0.5) is 19.0 Å². The lowest BCUT2D eigenvalue weighted by Crippen LogP contribution is -2.49. The van der Waals surface area contributed by atoms with E-state index in [4.69, 9.17) is 0 Å². The molecule has 0 saturated carbocycles. The van der Waals surface area contributed by atoms with Crippen LogP contribution < -0.4 is 4.90 Å². The van der Waals surface area contributed by atoms with E-state index in [0.717, 1.165) is 12.4 Å². The maximum Gasteiger partial charge on any atom is 0.433 e. The van der Waals surface area contributed by atoms with E-state index >= 15 is 0 Å². The highest BCUT2D eigenvalue weighted by Crippen LogP contribution is 2.29. The molecule has 0 spiro atoms. The summed E-state index contributed by atoms with van der Waals surface area (Å²) < 4.78 is 39.7. The summed E-state index contributed by atoms with van der Waals surface area (Å²) in [5, 5.41) is 3.96. The molecule has 1 aliphatic heterocycles. The maximum atomic E-state index is 12.7. The van der Waals surface area contributed by atoms with Crippen molar-refractivity contribution in [1.82, 2.24) is 24.6 Å². The molecule has 1 aliphatic rings. The van der Waals surface area contributed by atoms with Gasteiger partial charge in [0.25, 0.3) is 5.91 Å². The molecule has 3 heterocycles. The quantitative estimate of drug-likeness (QED) is 0.822. The number of piperazine rings is 1. The third-order valence-electron chi connectivity index (χ3n) is 3.87. The van der Waals surface area contributed by atoms with Crippen LogP contribution in [0.25, 0.3) is 0 Å². The van der Waals surface area contributed by atoms with Crippen LogP contribution >= 0.6 is 0 Å². The van der Waals surface area contributed by atoms with Crippen molar-refractivity contribution in [2.45, 2.75) is 6.18 Å². The summed E-state index contributed by atoms with van der Waals surface area (Å²) in [5.41, 5.74) is -0.495. The highest BCUT2D eigenvalue weighted by atomic mass is 19.4. The number of hydrogen-bond donors (Lipinski definition) is 0. The van der Waals surface area contributed by atoms with E-state index in [9.17, 15) is 18.0 Å². The van der Waals surface area contributed by atoms with Gasteiger partial charge in [-0.05, 0) is 6.07 Å². The number of aryl methyl sites for hydroxylation is 1. The Balaban J connectivity index is 1.67. The Labute approximate surface area is 135 Å². The van der Waals surface area contributed by atoms with Crippen molar-refractivity contribution in [3.8, 4) is 0 Å². The van der Waals surface area contributed by atoms with Gasteiger partial charge in [0.1, 0.15) is 23.5 Å². The van der Waals surface area contributed by atoms with Crippen LogP contribution in [0.3, 0.4) is 0 Å². The number of halogens is 3. The van der Waals surface area contributed by atoms with E-state index in [1.807, 2.05) is 0 Å². The van der Waals surface area contributed by atoms with Gasteiger partial charge in [0.05, 0.1) is 0 Å². The summed E-state index contributed by atoms with van der Waals surface area (Å²) >= 11 is 0. The molecule has 1 amide bonds. The van der Waals surface area contributed by atoms with Crippen LogP contribution in [-0.2, 0) is 13.2 Å². The Bertz CT molecular complexity index is 736. The molecule has 0 atom stereocenters. The molecule has 7 nitrogen and oxygen atoms in total. The van der Waals surface area contributed by atoms with Crippen LogP contribution in [0.2, 0.25) is 0 Å². The number of nitrogens with zero attached hydrogens (tertiary/aromatic N) is 6. The SMILES string of the molecule is Cn1nccc1C(=O)N1CCN(c2cc(C(F)(F)F)ncn2)CC1. The molecule has 128 valence electrons. The van der Waals surface area contributed by atoms with Crippen LogP contribution in [-0.4, -0.2) is 56.7 Å². The fourth-order valence-corrected chi connectivity index (χ4v) is 2.56. The summed E-state index contributed by atoms with van der Waals surface area (Å²) in [6.07, 6.45) is -2.05. The molecule has 0 aromatic carbocycles. The number of amides is 1. The highest BCUT2D eigenvalue weighted by Gasteiger charge is 2.33. The fourth-order valence-electron chi connectivity index (χ4n) is 2.56. The summed E-state index contributed by atoms with van der Waals surface area (Å²) in [6, 6.07) is 2.56. The van der Waals surface area contributed by atoms with Crippen LogP contribution in [0, 0.1) is 0 Å². The van der Waals surface area contributed by atoms with Crippen molar-refractivity contribution in [3.63, 3.8) is 0 Å².